The van der Waals surface area contributed by atoms with E-state index in [1.807, 2.05) is 38.2 Å². The highest BCUT2D eigenvalue weighted by Crippen LogP contribution is 2.29. The van der Waals surface area contributed by atoms with Crippen molar-refractivity contribution in [3.05, 3.63) is 69.4 Å². The minimum Gasteiger partial charge on any atom is -0.362 e. The topological polar surface area (TPSA) is 87.5 Å². The van der Waals surface area contributed by atoms with Crippen LogP contribution < -0.4 is 0 Å². The summed E-state index contributed by atoms with van der Waals surface area (Å²) in [7, 11) is 0. The van der Waals surface area contributed by atoms with E-state index in [0.29, 0.717) is 11.4 Å². The van der Waals surface area contributed by atoms with Gasteiger partial charge in [0.2, 0.25) is 0 Å². The third kappa shape index (κ3) is 2.42. The van der Waals surface area contributed by atoms with Crippen LogP contribution in [0.15, 0.2) is 74.2 Å². The second kappa shape index (κ2) is 5.80. The quantitative estimate of drug-likeness (QED) is 0.401. The van der Waals surface area contributed by atoms with Crippen molar-refractivity contribution in [3.63, 3.8) is 0 Å². The zero-order chi connectivity index (χ0) is 14.5. The zero-order valence-corrected chi connectivity index (χ0v) is 11.1. The lowest BCUT2D eigenvalue weighted by molar-refractivity contribution is 1.20. The van der Waals surface area contributed by atoms with E-state index in [4.69, 9.17) is 10.9 Å². The summed E-state index contributed by atoms with van der Waals surface area (Å²) in [6.07, 6.45) is 11.0. The molecule has 2 aliphatic carbocycles. The van der Waals surface area contributed by atoms with Gasteiger partial charge in [-0.3, -0.25) is 5.22 Å². The highest BCUT2D eigenvalue weighted by atomic mass is 15.3. The molecule has 2 rings (SSSR count). The Labute approximate surface area is 116 Å². The lowest BCUT2D eigenvalue weighted by Gasteiger charge is -2.21. The molecule has 6 nitrogen and oxygen atoms in total. The van der Waals surface area contributed by atoms with Crippen molar-refractivity contribution in [1.82, 2.24) is 0 Å². The number of hydrogen-bond acceptors (Lipinski definition) is 3. The van der Waals surface area contributed by atoms with E-state index in [-0.39, 0.29) is 0 Å². The molecule has 0 spiro atoms. The standard InChI is InChI=1S/C14H12N6/c1-9-5-3-7-11(17-19-15)13(9)14-10(2)6-4-8-12(14)18-20-16/h3-8H,1-2H3. The van der Waals surface area contributed by atoms with Crippen LogP contribution >= 0.6 is 0 Å². The van der Waals surface area contributed by atoms with Gasteiger partial charge < -0.3 is 10.6 Å². The molecule has 6 heteroatoms. The maximum atomic E-state index is 8.70. The fourth-order valence-electron chi connectivity index (χ4n) is 2.22. The maximum Gasteiger partial charge on any atom is 0.339 e. The highest BCUT2D eigenvalue weighted by molar-refractivity contribution is 6.23. The summed E-state index contributed by atoms with van der Waals surface area (Å²) in [6.45, 7) is 3.86. The summed E-state index contributed by atoms with van der Waals surface area (Å²) in [6, 6.07) is 0. The van der Waals surface area contributed by atoms with Crippen molar-refractivity contribution >= 4 is 11.4 Å². The first-order valence-corrected chi connectivity index (χ1v) is 5.99. The summed E-state index contributed by atoms with van der Waals surface area (Å²) >= 11 is 0. The highest BCUT2D eigenvalue weighted by Gasteiger charge is 2.21. The van der Waals surface area contributed by atoms with Crippen molar-refractivity contribution in [1.29, 1.82) is 5.39 Å². The van der Waals surface area contributed by atoms with Gasteiger partial charge in [-0.2, -0.15) is 0 Å². The molecule has 0 fully saturated rings. The summed E-state index contributed by atoms with van der Waals surface area (Å²) in [5.41, 5.74) is 13.3. The Hall–Kier alpha value is -2.94. The van der Waals surface area contributed by atoms with Crippen molar-refractivity contribution < 1.29 is 0 Å². The molecule has 2 aliphatic rings. The molecule has 0 aliphatic heterocycles. The summed E-state index contributed by atoms with van der Waals surface area (Å²) < 4.78 is 0. The predicted octanol–water partition coefficient (Wildman–Crippen LogP) is 3.90. The van der Waals surface area contributed by atoms with Gasteiger partial charge in [0.1, 0.15) is 0 Å². The fourth-order valence-corrected chi connectivity index (χ4v) is 2.22. The molecule has 0 saturated heterocycles. The fraction of sp³-hybridized carbons (Fsp3) is 0.143. The maximum absolute atomic E-state index is 8.70. The molecule has 0 radical (unpaired) electrons. The average molecular weight is 264 g/mol. The van der Waals surface area contributed by atoms with Crippen molar-refractivity contribution in [3.8, 4) is 0 Å². The molecule has 0 N–H and O–H groups in total. The van der Waals surface area contributed by atoms with Crippen LogP contribution in [0.25, 0.3) is 10.6 Å². The third-order valence-electron chi connectivity index (χ3n) is 3.06. The van der Waals surface area contributed by atoms with E-state index in [1.54, 1.807) is 12.2 Å². The van der Waals surface area contributed by atoms with Crippen LogP contribution in [-0.2, 0) is 0 Å². The Bertz CT molecular complexity index is 704. The van der Waals surface area contributed by atoms with Gasteiger partial charge in [-0.15, -0.1) is 0 Å². The van der Waals surface area contributed by atoms with E-state index >= 15 is 0 Å². The minimum atomic E-state index is 0.524. The van der Waals surface area contributed by atoms with E-state index in [0.717, 1.165) is 22.3 Å². The molecule has 0 bridgehead atoms. The predicted molar refractivity (Wildman–Crippen MR) is 78.6 cm³/mol. The molecule has 0 unspecified atom stereocenters. The Morgan fingerprint density at radius 1 is 1.00 bits per heavy atom. The first kappa shape index (κ1) is 13.5. The first-order chi connectivity index (χ1) is 9.69. The van der Waals surface area contributed by atoms with Gasteiger partial charge in [-0.05, 0) is 42.4 Å². The smallest absolute Gasteiger partial charge is 0.339 e. The number of allylic oxidation sites excluding steroid dienone is 10. The molecule has 0 aromatic heterocycles. The summed E-state index contributed by atoms with van der Waals surface area (Å²) in [5, 5.41) is 21.9. The molecule has 0 aromatic rings. The van der Waals surface area contributed by atoms with Gasteiger partial charge in [-0.25, -0.2) is 0 Å². The summed E-state index contributed by atoms with van der Waals surface area (Å²) in [5.74, 6) is 0. The Kier molecular flexibility index (Phi) is 3.91. The first-order valence-electron chi connectivity index (χ1n) is 5.99. The number of diazo groups is 1. The number of hydrogen-bond donors (Lipinski definition) is 0. The van der Waals surface area contributed by atoms with Crippen LogP contribution in [0.4, 0.5) is 0 Å². The van der Waals surface area contributed by atoms with E-state index in [2.05, 4.69) is 20.5 Å². The van der Waals surface area contributed by atoms with E-state index < -0.39 is 0 Å². The molecule has 20 heavy (non-hydrogen) atoms. The van der Waals surface area contributed by atoms with Crippen LogP contribution in [0.5, 0.6) is 0 Å². The van der Waals surface area contributed by atoms with Crippen molar-refractivity contribution in [2.75, 3.05) is 0 Å². The molecule has 0 aromatic carbocycles. The van der Waals surface area contributed by atoms with E-state index in [9.17, 15) is 0 Å². The molecular formula is C14H12N6. The molecule has 0 saturated carbocycles. The van der Waals surface area contributed by atoms with Gasteiger partial charge >= 0.3 is 5.08 Å². The SMILES string of the molecule is CC1=CC=CC(=NN=[N-])C1=C1C(C)=CC=CC1=N[N+]#N. The van der Waals surface area contributed by atoms with Crippen LogP contribution in [-0.4, -0.2) is 11.4 Å². The second-order valence-electron chi connectivity index (χ2n) is 4.32. The molecule has 0 amide bonds. The Morgan fingerprint density at radius 2 is 1.55 bits per heavy atom. The third-order valence-corrected chi connectivity index (χ3v) is 3.06. The Morgan fingerprint density at radius 3 is 2.10 bits per heavy atom. The van der Waals surface area contributed by atoms with Gasteiger partial charge in [0.15, 0.2) is 10.8 Å². The van der Waals surface area contributed by atoms with Crippen LogP contribution in [0, 0.1) is 5.39 Å². The minimum absolute atomic E-state index is 0.524. The average Bonchev–Trinajstić information content (AvgIpc) is 2.42. The van der Waals surface area contributed by atoms with Crippen LogP contribution in [0.2, 0.25) is 0 Å². The molecule has 0 atom stereocenters. The van der Waals surface area contributed by atoms with Gasteiger partial charge in [-0.1, -0.05) is 30.4 Å². The largest absolute Gasteiger partial charge is 0.362 e. The van der Waals surface area contributed by atoms with Gasteiger partial charge in [0, 0.05) is 5.57 Å². The Balaban J connectivity index is 2.75. The molecular weight excluding hydrogens is 252 g/mol. The van der Waals surface area contributed by atoms with Gasteiger partial charge in [0.25, 0.3) is 5.39 Å². The lowest BCUT2D eigenvalue weighted by atomic mass is 9.85. The zero-order valence-electron chi connectivity index (χ0n) is 11.1. The summed E-state index contributed by atoms with van der Waals surface area (Å²) in [4.78, 5) is 0. The van der Waals surface area contributed by atoms with Crippen molar-refractivity contribution in [2.45, 2.75) is 13.8 Å². The van der Waals surface area contributed by atoms with E-state index in [1.165, 1.54) is 0 Å². The number of nitrogens with zero attached hydrogens (tertiary/aromatic N) is 6. The van der Waals surface area contributed by atoms with Crippen LogP contribution in [0.1, 0.15) is 13.8 Å². The normalized spacial score (nSPS) is 25.4. The van der Waals surface area contributed by atoms with Crippen molar-refractivity contribution in [2.24, 2.45) is 15.4 Å². The van der Waals surface area contributed by atoms with Crippen LogP contribution in [0.3, 0.4) is 0 Å². The number of rotatable bonds is 1. The molecule has 0 heterocycles. The van der Waals surface area contributed by atoms with Gasteiger partial charge in [0.05, 0.1) is 0 Å². The molecule has 98 valence electrons. The lowest BCUT2D eigenvalue weighted by Crippen LogP contribution is -2.15. The monoisotopic (exact) mass is 264 g/mol. The second-order valence-corrected chi connectivity index (χ2v) is 4.32.